The molecule has 1 aromatic heterocycles. The largest absolute Gasteiger partial charge is 0.493 e. The second kappa shape index (κ2) is 15.1. The topological polar surface area (TPSA) is 121 Å². The van der Waals surface area contributed by atoms with E-state index >= 15 is 0 Å². The van der Waals surface area contributed by atoms with Gasteiger partial charge in [-0.15, -0.1) is 0 Å². The van der Waals surface area contributed by atoms with Crippen molar-refractivity contribution in [3.05, 3.63) is 111 Å². The van der Waals surface area contributed by atoms with Crippen molar-refractivity contribution in [3.63, 3.8) is 0 Å². The van der Waals surface area contributed by atoms with Crippen molar-refractivity contribution < 1.29 is 28.5 Å². The number of carbonyl (C=O) groups is 1. The van der Waals surface area contributed by atoms with Crippen molar-refractivity contribution in [2.45, 2.75) is 46.4 Å². The summed E-state index contributed by atoms with van der Waals surface area (Å²) in [5.74, 6) is 1.42. The number of benzene rings is 3. The first-order valence-corrected chi connectivity index (χ1v) is 17.0. The fourth-order valence-corrected chi connectivity index (χ4v) is 6.94. The van der Waals surface area contributed by atoms with E-state index in [0.29, 0.717) is 54.7 Å². The number of allylic oxidation sites excluding steroid dienone is 1. The molecule has 248 valence electrons. The van der Waals surface area contributed by atoms with Crippen molar-refractivity contribution in [2.75, 3.05) is 20.8 Å². The second-order valence-corrected chi connectivity index (χ2v) is 13.3. The summed E-state index contributed by atoms with van der Waals surface area (Å²) in [6.45, 7) is 7.69. The number of ether oxygens (including phenoxy) is 5. The second-order valence-electron chi connectivity index (χ2n) is 11.0. The van der Waals surface area contributed by atoms with Crippen LogP contribution in [-0.2, 0) is 16.1 Å². The maximum atomic E-state index is 14.3. The molecule has 1 aliphatic heterocycles. The lowest BCUT2D eigenvalue weighted by molar-refractivity contribution is -0.139. The van der Waals surface area contributed by atoms with Crippen LogP contribution in [0.15, 0.2) is 75.7 Å². The minimum absolute atomic E-state index is 0.0858. The van der Waals surface area contributed by atoms with Gasteiger partial charge in [0.2, 0.25) is 0 Å². The third kappa shape index (κ3) is 7.27. The van der Waals surface area contributed by atoms with Gasteiger partial charge in [-0.2, -0.15) is 5.26 Å². The highest BCUT2D eigenvalue weighted by atomic mass is 127. The smallest absolute Gasteiger partial charge is 0.338 e. The van der Waals surface area contributed by atoms with Crippen LogP contribution in [0.1, 0.15) is 56.0 Å². The van der Waals surface area contributed by atoms with Gasteiger partial charge in [-0.25, -0.2) is 9.79 Å². The van der Waals surface area contributed by atoms with E-state index in [2.05, 4.69) is 28.7 Å². The van der Waals surface area contributed by atoms with Gasteiger partial charge in [-0.05, 0) is 104 Å². The summed E-state index contributed by atoms with van der Waals surface area (Å²) in [6.07, 6.45) is 1.67. The number of nitriles is 1. The Bertz CT molecular complexity index is 2110. The van der Waals surface area contributed by atoms with Gasteiger partial charge in [0.15, 0.2) is 27.8 Å². The third-order valence-electron chi connectivity index (χ3n) is 7.40. The molecule has 1 aliphatic rings. The summed E-state index contributed by atoms with van der Waals surface area (Å²) in [4.78, 5) is 32.9. The Morgan fingerprint density at radius 3 is 2.46 bits per heavy atom. The number of thiazole rings is 1. The quantitative estimate of drug-likeness (QED) is 0.141. The first-order chi connectivity index (χ1) is 23.1. The summed E-state index contributed by atoms with van der Waals surface area (Å²) in [6, 6.07) is 17.5. The molecule has 4 aromatic rings. The van der Waals surface area contributed by atoms with Crippen molar-refractivity contribution in [1.82, 2.24) is 4.57 Å². The molecule has 0 saturated heterocycles. The van der Waals surface area contributed by atoms with Crippen LogP contribution in [0.25, 0.3) is 6.08 Å². The van der Waals surface area contributed by atoms with Crippen molar-refractivity contribution in [2.24, 2.45) is 4.99 Å². The van der Waals surface area contributed by atoms with Gasteiger partial charge in [0.1, 0.15) is 6.61 Å². The maximum absolute atomic E-state index is 14.3. The molecule has 12 heteroatoms. The molecule has 0 saturated carbocycles. The Hall–Kier alpha value is -4.61. The Morgan fingerprint density at radius 2 is 1.81 bits per heavy atom. The lowest BCUT2D eigenvalue weighted by atomic mass is 9.95. The fraction of sp³-hybridized carbons (Fsp3) is 0.278. The summed E-state index contributed by atoms with van der Waals surface area (Å²) in [5.41, 5.74) is 3.06. The predicted molar refractivity (Wildman–Crippen MR) is 190 cm³/mol. The van der Waals surface area contributed by atoms with Crippen LogP contribution in [0.3, 0.4) is 0 Å². The van der Waals surface area contributed by atoms with E-state index in [1.807, 2.05) is 44.2 Å². The van der Waals surface area contributed by atoms with Crippen LogP contribution >= 0.6 is 33.9 Å². The van der Waals surface area contributed by atoms with E-state index < -0.39 is 12.0 Å². The molecule has 3 aromatic carbocycles. The monoisotopic (exact) mass is 779 g/mol. The zero-order valence-electron chi connectivity index (χ0n) is 27.3. The molecule has 0 aliphatic carbocycles. The van der Waals surface area contributed by atoms with Gasteiger partial charge in [0.25, 0.3) is 5.56 Å². The molecule has 0 fully saturated rings. The normalized spacial score (nSPS) is 14.2. The molecule has 0 N–H and O–H groups in total. The highest BCUT2D eigenvalue weighted by Crippen LogP contribution is 2.37. The van der Waals surface area contributed by atoms with Crippen LogP contribution in [-0.4, -0.2) is 37.5 Å². The predicted octanol–water partition coefficient (Wildman–Crippen LogP) is 5.66. The number of esters is 1. The summed E-state index contributed by atoms with van der Waals surface area (Å²) < 4.78 is 31.7. The van der Waals surface area contributed by atoms with Crippen LogP contribution < -0.4 is 33.8 Å². The number of halogens is 1. The van der Waals surface area contributed by atoms with Crippen molar-refractivity contribution in [1.29, 1.82) is 5.26 Å². The zero-order chi connectivity index (χ0) is 34.5. The number of nitrogens with zero attached hydrogens (tertiary/aromatic N) is 3. The molecule has 2 heterocycles. The van der Waals surface area contributed by atoms with Crippen LogP contribution in [0.2, 0.25) is 0 Å². The Morgan fingerprint density at radius 1 is 1.08 bits per heavy atom. The van der Waals surface area contributed by atoms with Gasteiger partial charge in [-0.1, -0.05) is 29.5 Å². The van der Waals surface area contributed by atoms with E-state index in [1.54, 1.807) is 58.4 Å². The minimum atomic E-state index is -0.831. The first kappa shape index (κ1) is 34.7. The van der Waals surface area contributed by atoms with E-state index in [4.69, 9.17) is 33.9 Å². The van der Waals surface area contributed by atoms with E-state index in [9.17, 15) is 9.59 Å². The lowest BCUT2D eigenvalue weighted by Crippen LogP contribution is -2.40. The zero-order valence-corrected chi connectivity index (χ0v) is 30.3. The average molecular weight is 780 g/mol. The van der Waals surface area contributed by atoms with Gasteiger partial charge < -0.3 is 23.7 Å². The highest BCUT2D eigenvalue weighted by molar-refractivity contribution is 14.1. The molecular formula is C36H34IN3O7S. The third-order valence-corrected chi connectivity index (χ3v) is 9.01. The van der Waals surface area contributed by atoms with E-state index in [0.717, 1.165) is 9.13 Å². The lowest BCUT2D eigenvalue weighted by Gasteiger charge is -2.25. The number of aromatic nitrogens is 1. The molecule has 48 heavy (non-hydrogen) atoms. The number of methoxy groups -OCH3 is 2. The maximum Gasteiger partial charge on any atom is 0.338 e. The van der Waals surface area contributed by atoms with Gasteiger partial charge in [0.05, 0.1) is 60.4 Å². The summed E-state index contributed by atoms with van der Waals surface area (Å²) >= 11 is 3.40. The Kier molecular flexibility index (Phi) is 10.9. The van der Waals surface area contributed by atoms with Crippen LogP contribution in [0.4, 0.5) is 0 Å². The Labute approximate surface area is 295 Å². The molecule has 0 amide bonds. The molecule has 1 atom stereocenters. The fourth-order valence-electron chi connectivity index (χ4n) is 5.29. The molecule has 0 unspecified atom stereocenters. The standard InChI is InChI=1S/C36H34IN3O7S/c1-7-45-35(42)31-21(4)39-36-40(32(31)24-12-13-27(47-20(2)3)28(15-24)43-5)34(41)30(48-36)16-25-14-26(37)17-29(44-6)33(25)46-19-23-10-8-22(18-38)9-11-23/h8-17,20,32H,7,19H2,1-6H3/b30-16+/t32-/m0/s1. The number of hydrogen-bond acceptors (Lipinski definition) is 10. The minimum Gasteiger partial charge on any atom is -0.493 e. The Balaban J connectivity index is 1.66. The SMILES string of the molecule is CCOC(=O)C1=C(C)N=c2s/c(=C/c3cc(I)cc(OC)c3OCc3ccc(C#N)cc3)c(=O)n2[C@H]1c1ccc(OC(C)C)c(OC)c1. The van der Waals surface area contributed by atoms with Crippen molar-refractivity contribution >= 4 is 46.0 Å². The number of carbonyl (C=O) groups excluding carboxylic acids is 1. The van der Waals surface area contributed by atoms with Gasteiger partial charge in [-0.3, -0.25) is 9.36 Å². The van der Waals surface area contributed by atoms with Gasteiger partial charge >= 0.3 is 5.97 Å². The molecule has 10 nitrogen and oxygen atoms in total. The van der Waals surface area contributed by atoms with E-state index in [-0.39, 0.29) is 30.5 Å². The highest BCUT2D eigenvalue weighted by Gasteiger charge is 2.34. The molecule has 0 radical (unpaired) electrons. The molecule has 0 spiro atoms. The van der Waals surface area contributed by atoms with Crippen molar-refractivity contribution in [3.8, 4) is 29.1 Å². The molecule has 0 bridgehead atoms. The molecule has 5 rings (SSSR count). The van der Waals surface area contributed by atoms with Gasteiger partial charge in [0, 0.05) is 9.13 Å². The number of rotatable bonds is 11. The number of hydrogen-bond donors (Lipinski definition) is 0. The summed E-state index contributed by atoms with van der Waals surface area (Å²) in [7, 11) is 3.10. The number of fused-ring (bicyclic) bond motifs is 1. The first-order valence-electron chi connectivity index (χ1n) is 15.1. The van der Waals surface area contributed by atoms with E-state index in [1.165, 1.54) is 15.9 Å². The molecular weight excluding hydrogens is 745 g/mol. The van der Waals surface area contributed by atoms with Crippen LogP contribution in [0, 0.1) is 14.9 Å². The van der Waals surface area contributed by atoms with Crippen LogP contribution in [0.5, 0.6) is 23.0 Å². The average Bonchev–Trinajstić information content (AvgIpc) is 3.37. The summed E-state index contributed by atoms with van der Waals surface area (Å²) in [5, 5.41) is 9.14.